The Balaban J connectivity index is 2.30. The fourth-order valence-electron chi connectivity index (χ4n) is 2.46. The zero-order valence-corrected chi connectivity index (χ0v) is 10.1. The molecule has 1 aliphatic heterocycles. The SMILES string of the molecule is CCC(CC)C(O)c1cccc2c1OCC2. The fourth-order valence-corrected chi connectivity index (χ4v) is 2.46. The normalized spacial score (nSPS) is 16.0. The van der Waals surface area contributed by atoms with Crippen LogP contribution in [0.25, 0.3) is 0 Å². The van der Waals surface area contributed by atoms with Crippen LogP contribution in [0, 0.1) is 5.92 Å². The molecule has 1 N–H and O–H groups in total. The van der Waals surface area contributed by atoms with Crippen molar-refractivity contribution in [3.05, 3.63) is 29.3 Å². The minimum absolute atomic E-state index is 0.329. The van der Waals surface area contributed by atoms with Crippen LogP contribution >= 0.6 is 0 Å². The third-order valence-electron chi connectivity index (χ3n) is 3.56. The van der Waals surface area contributed by atoms with Gasteiger partial charge < -0.3 is 9.84 Å². The second-order valence-corrected chi connectivity index (χ2v) is 4.46. The molecule has 2 rings (SSSR count). The summed E-state index contributed by atoms with van der Waals surface area (Å²) in [4.78, 5) is 0. The quantitative estimate of drug-likeness (QED) is 0.845. The van der Waals surface area contributed by atoms with E-state index in [-0.39, 0.29) is 6.10 Å². The lowest BCUT2D eigenvalue weighted by Gasteiger charge is -2.22. The van der Waals surface area contributed by atoms with Gasteiger partial charge in [-0.3, -0.25) is 0 Å². The summed E-state index contributed by atoms with van der Waals surface area (Å²) >= 11 is 0. The number of aliphatic hydroxyl groups is 1. The summed E-state index contributed by atoms with van der Waals surface area (Å²) in [5, 5.41) is 10.4. The first-order valence-electron chi connectivity index (χ1n) is 6.20. The van der Waals surface area contributed by atoms with E-state index in [1.165, 1.54) is 5.56 Å². The first kappa shape index (κ1) is 11.5. The minimum Gasteiger partial charge on any atom is -0.493 e. The van der Waals surface area contributed by atoms with Gasteiger partial charge in [0.25, 0.3) is 0 Å². The molecule has 0 spiro atoms. The van der Waals surface area contributed by atoms with Crippen LogP contribution < -0.4 is 4.74 Å². The molecule has 0 aromatic heterocycles. The van der Waals surface area contributed by atoms with Gasteiger partial charge >= 0.3 is 0 Å². The van der Waals surface area contributed by atoms with Crippen LogP contribution in [0.4, 0.5) is 0 Å². The van der Waals surface area contributed by atoms with Gasteiger partial charge in [-0.15, -0.1) is 0 Å². The van der Waals surface area contributed by atoms with Crippen molar-refractivity contribution >= 4 is 0 Å². The summed E-state index contributed by atoms with van der Waals surface area (Å²) in [5.74, 6) is 1.26. The van der Waals surface area contributed by atoms with Crippen LogP contribution in [-0.2, 0) is 6.42 Å². The molecule has 0 saturated carbocycles. The molecule has 2 nitrogen and oxygen atoms in total. The molecule has 0 bridgehead atoms. The Bertz CT molecular complexity index is 356. The number of hydrogen-bond acceptors (Lipinski definition) is 2. The highest BCUT2D eigenvalue weighted by atomic mass is 16.5. The van der Waals surface area contributed by atoms with Crippen LogP contribution in [0.5, 0.6) is 5.75 Å². The monoisotopic (exact) mass is 220 g/mol. The number of para-hydroxylation sites is 1. The van der Waals surface area contributed by atoms with Gasteiger partial charge in [0.2, 0.25) is 0 Å². The number of ether oxygens (including phenoxy) is 1. The van der Waals surface area contributed by atoms with E-state index in [0.717, 1.165) is 37.2 Å². The predicted octanol–water partition coefficient (Wildman–Crippen LogP) is 3.09. The third-order valence-corrected chi connectivity index (χ3v) is 3.56. The van der Waals surface area contributed by atoms with E-state index in [2.05, 4.69) is 19.9 Å². The van der Waals surface area contributed by atoms with Gasteiger partial charge in [0.1, 0.15) is 5.75 Å². The summed E-state index contributed by atoms with van der Waals surface area (Å²) < 4.78 is 5.63. The first-order valence-corrected chi connectivity index (χ1v) is 6.20. The molecular formula is C14H20O2. The minimum atomic E-state index is -0.386. The molecule has 1 aliphatic rings. The van der Waals surface area contributed by atoms with Crippen LogP contribution in [-0.4, -0.2) is 11.7 Å². The summed E-state index contributed by atoms with van der Waals surface area (Å²) in [6.07, 6.45) is 2.59. The van der Waals surface area contributed by atoms with Gasteiger partial charge in [0, 0.05) is 12.0 Å². The third kappa shape index (κ3) is 1.94. The van der Waals surface area contributed by atoms with Crippen molar-refractivity contribution in [2.45, 2.75) is 39.2 Å². The Morgan fingerprint density at radius 3 is 2.75 bits per heavy atom. The summed E-state index contributed by atoms with van der Waals surface area (Å²) in [6.45, 7) is 5.00. The predicted molar refractivity (Wildman–Crippen MR) is 64.7 cm³/mol. The van der Waals surface area contributed by atoms with Crippen molar-refractivity contribution in [3.8, 4) is 5.75 Å². The van der Waals surface area contributed by atoms with Crippen molar-refractivity contribution in [1.29, 1.82) is 0 Å². The van der Waals surface area contributed by atoms with Crippen LogP contribution in [0.15, 0.2) is 18.2 Å². The highest BCUT2D eigenvalue weighted by Gasteiger charge is 2.24. The molecule has 1 unspecified atom stereocenters. The second-order valence-electron chi connectivity index (χ2n) is 4.46. The molecule has 1 aromatic carbocycles. The lowest BCUT2D eigenvalue weighted by atomic mass is 9.90. The average molecular weight is 220 g/mol. The summed E-state index contributed by atoms with van der Waals surface area (Å²) in [7, 11) is 0. The fraction of sp³-hybridized carbons (Fsp3) is 0.571. The van der Waals surface area contributed by atoms with Gasteiger partial charge in [0.05, 0.1) is 12.7 Å². The molecule has 0 fully saturated rings. The number of hydrogen-bond donors (Lipinski definition) is 1. The van der Waals surface area contributed by atoms with Crippen LogP contribution in [0.3, 0.4) is 0 Å². The van der Waals surface area contributed by atoms with E-state index in [0.29, 0.717) is 5.92 Å². The molecule has 1 atom stereocenters. The second kappa shape index (κ2) is 4.88. The van der Waals surface area contributed by atoms with E-state index in [1.807, 2.05) is 12.1 Å². The largest absolute Gasteiger partial charge is 0.493 e. The van der Waals surface area contributed by atoms with Gasteiger partial charge in [-0.2, -0.15) is 0 Å². The van der Waals surface area contributed by atoms with E-state index in [4.69, 9.17) is 4.74 Å². The van der Waals surface area contributed by atoms with Gasteiger partial charge in [-0.05, 0) is 11.5 Å². The Hall–Kier alpha value is -1.02. The average Bonchev–Trinajstić information content (AvgIpc) is 2.78. The molecule has 2 heteroatoms. The van der Waals surface area contributed by atoms with Gasteiger partial charge in [-0.1, -0.05) is 44.9 Å². The maximum absolute atomic E-state index is 10.4. The van der Waals surface area contributed by atoms with Crippen molar-refractivity contribution in [1.82, 2.24) is 0 Å². The van der Waals surface area contributed by atoms with Crippen molar-refractivity contribution in [3.63, 3.8) is 0 Å². The Kier molecular flexibility index (Phi) is 3.49. The zero-order valence-electron chi connectivity index (χ0n) is 10.1. The first-order chi connectivity index (χ1) is 7.77. The Labute approximate surface area is 97.3 Å². The number of aliphatic hydroxyl groups excluding tert-OH is 1. The maximum Gasteiger partial charge on any atom is 0.128 e. The molecule has 16 heavy (non-hydrogen) atoms. The van der Waals surface area contributed by atoms with Crippen molar-refractivity contribution in [2.75, 3.05) is 6.61 Å². The lowest BCUT2D eigenvalue weighted by Crippen LogP contribution is -2.11. The highest BCUT2D eigenvalue weighted by molar-refractivity contribution is 5.45. The topological polar surface area (TPSA) is 29.5 Å². The molecule has 1 aromatic rings. The number of rotatable bonds is 4. The Morgan fingerprint density at radius 2 is 2.06 bits per heavy atom. The Morgan fingerprint density at radius 1 is 1.31 bits per heavy atom. The van der Waals surface area contributed by atoms with E-state index < -0.39 is 0 Å². The molecule has 0 amide bonds. The molecule has 0 radical (unpaired) electrons. The van der Waals surface area contributed by atoms with E-state index >= 15 is 0 Å². The molecular weight excluding hydrogens is 200 g/mol. The molecule has 1 heterocycles. The molecule has 0 saturated heterocycles. The maximum atomic E-state index is 10.4. The number of benzene rings is 1. The van der Waals surface area contributed by atoms with Gasteiger partial charge in [-0.25, -0.2) is 0 Å². The van der Waals surface area contributed by atoms with Crippen molar-refractivity contribution in [2.24, 2.45) is 5.92 Å². The van der Waals surface area contributed by atoms with Crippen LogP contribution in [0.1, 0.15) is 43.9 Å². The zero-order chi connectivity index (χ0) is 11.5. The van der Waals surface area contributed by atoms with Gasteiger partial charge in [0.15, 0.2) is 0 Å². The molecule has 88 valence electrons. The van der Waals surface area contributed by atoms with E-state index in [1.54, 1.807) is 0 Å². The molecule has 0 aliphatic carbocycles. The highest BCUT2D eigenvalue weighted by Crippen LogP contribution is 2.37. The standard InChI is InChI=1S/C14H20O2/c1-3-10(4-2)13(15)12-7-5-6-11-8-9-16-14(11)12/h5-7,10,13,15H,3-4,8-9H2,1-2H3. The smallest absolute Gasteiger partial charge is 0.128 e. The number of fused-ring (bicyclic) bond motifs is 1. The summed E-state index contributed by atoms with van der Waals surface area (Å²) in [6, 6.07) is 6.10. The van der Waals surface area contributed by atoms with Crippen molar-refractivity contribution < 1.29 is 9.84 Å². The van der Waals surface area contributed by atoms with E-state index in [9.17, 15) is 5.11 Å². The lowest BCUT2D eigenvalue weighted by molar-refractivity contribution is 0.100. The van der Waals surface area contributed by atoms with Crippen LogP contribution in [0.2, 0.25) is 0 Å². The summed E-state index contributed by atoms with van der Waals surface area (Å²) in [5.41, 5.74) is 2.21.